The van der Waals surface area contributed by atoms with E-state index in [2.05, 4.69) is 52.9 Å². The fourth-order valence-electron chi connectivity index (χ4n) is 7.82. The van der Waals surface area contributed by atoms with E-state index in [0.29, 0.717) is 12.2 Å². The zero-order chi connectivity index (χ0) is 41.8. The third-order valence-electron chi connectivity index (χ3n) is 10.6. The van der Waals surface area contributed by atoms with Gasteiger partial charge in [-0.15, -0.1) is 10.2 Å². The zero-order valence-corrected chi connectivity index (χ0v) is 34.2. The van der Waals surface area contributed by atoms with Gasteiger partial charge in [-0.3, -0.25) is 4.79 Å². The Balaban J connectivity index is 1.31. The molecule has 2 heterocycles. The molecule has 0 unspecified atom stereocenters. The minimum atomic E-state index is -1.46. The summed E-state index contributed by atoms with van der Waals surface area (Å²) in [5.41, 5.74) is 2.08. The number of rotatable bonds is 13. The highest BCUT2D eigenvalue weighted by Gasteiger charge is 2.60. The predicted octanol–water partition coefficient (Wildman–Crippen LogP) is 10.1. The van der Waals surface area contributed by atoms with Crippen molar-refractivity contribution in [3.63, 3.8) is 0 Å². The lowest BCUT2D eigenvalue weighted by atomic mass is 9.59. The first kappa shape index (κ1) is 40.6. The molecule has 5 aromatic carbocycles. The molecule has 1 aliphatic rings. The maximum atomic E-state index is 13.7. The molecule has 300 valence electrons. The van der Waals surface area contributed by atoms with Crippen molar-refractivity contribution >= 4 is 11.9 Å². The summed E-state index contributed by atoms with van der Waals surface area (Å²) in [4.78, 5) is 30.7. The topological polar surface area (TPSA) is 140 Å². The molecule has 0 saturated heterocycles. The molecule has 0 radical (unpaired) electrons. The van der Waals surface area contributed by atoms with E-state index in [0.717, 1.165) is 38.9 Å². The first-order valence-electron chi connectivity index (χ1n) is 19.7. The number of hydrogen-bond acceptors (Lipinski definition) is 10. The summed E-state index contributed by atoms with van der Waals surface area (Å²) in [7, 11) is 0. The molecule has 7 rings (SSSR count). The van der Waals surface area contributed by atoms with Gasteiger partial charge in [0.25, 0.3) is 0 Å². The van der Waals surface area contributed by atoms with Crippen molar-refractivity contribution in [1.82, 2.24) is 9.55 Å². The van der Waals surface area contributed by atoms with Crippen molar-refractivity contribution in [2.75, 3.05) is 6.79 Å². The summed E-state index contributed by atoms with van der Waals surface area (Å²) in [6, 6.07) is 46.9. The monoisotopic (exact) mass is 788 g/mol. The fourth-order valence-corrected chi connectivity index (χ4v) is 7.82. The van der Waals surface area contributed by atoms with Gasteiger partial charge in [-0.25, -0.2) is 9.78 Å². The molecule has 6 aromatic rings. The van der Waals surface area contributed by atoms with Crippen LogP contribution < -0.4 is 0 Å². The Bertz CT molecular complexity index is 2370. The second-order valence-electron chi connectivity index (χ2n) is 16.1. The van der Waals surface area contributed by atoms with Gasteiger partial charge in [-0.05, 0) is 78.4 Å². The van der Waals surface area contributed by atoms with Crippen LogP contribution in [0.4, 0.5) is 0 Å². The summed E-state index contributed by atoms with van der Waals surface area (Å²) in [6.07, 6.45) is 0.484. The molecule has 1 N–H and O–H groups in total. The fraction of sp³-hybridized carbons (Fsp3) is 0.271. The molecule has 59 heavy (non-hydrogen) atoms. The molecule has 1 aromatic heterocycles. The summed E-state index contributed by atoms with van der Waals surface area (Å²) in [6.45, 7) is 9.90. The second kappa shape index (κ2) is 16.3. The maximum Gasteiger partial charge on any atom is 0.359 e. The highest BCUT2D eigenvalue weighted by Crippen LogP contribution is 2.58. The van der Waals surface area contributed by atoms with Crippen molar-refractivity contribution in [2.24, 2.45) is 26.1 Å². The van der Waals surface area contributed by atoms with Gasteiger partial charge in [0.2, 0.25) is 12.5 Å². The quantitative estimate of drug-likeness (QED) is 0.0702. The molecule has 1 aliphatic heterocycles. The van der Waals surface area contributed by atoms with Gasteiger partial charge >= 0.3 is 11.9 Å². The number of aromatic nitrogens is 2. The minimum Gasteiger partial charge on any atom is -0.427 e. The van der Waals surface area contributed by atoms with Crippen LogP contribution in [0.2, 0.25) is 0 Å². The largest absolute Gasteiger partial charge is 0.427 e. The van der Waals surface area contributed by atoms with Crippen molar-refractivity contribution in [2.45, 2.75) is 71.2 Å². The van der Waals surface area contributed by atoms with E-state index in [1.165, 1.54) is 0 Å². The van der Waals surface area contributed by atoms with Crippen LogP contribution in [0, 0.1) is 5.41 Å². The Morgan fingerprint density at radius 3 is 1.68 bits per heavy atom. The average molecular weight is 789 g/mol. The molecular weight excluding hydrogens is 741 g/mol. The van der Waals surface area contributed by atoms with E-state index >= 15 is 0 Å². The molecule has 0 saturated carbocycles. The van der Waals surface area contributed by atoms with Crippen LogP contribution in [0.5, 0.6) is 0 Å². The van der Waals surface area contributed by atoms with Crippen LogP contribution in [0.15, 0.2) is 160 Å². The number of aryl methyl sites for hydroxylation is 1. The normalized spacial score (nSPS) is 13.7. The Kier molecular flexibility index (Phi) is 11.2. The van der Waals surface area contributed by atoms with E-state index in [1.807, 2.05) is 104 Å². The SMILES string of the molecule is CCc1nc(C(C)(C)O)c(C(=O)OCOC(=O)C(C)(C)C)n1Cc1ccc(-c2ccccc2C2(C(c3ccccc3)(c3ccccc3)c3ccccc3)N=NN=N2)cc1. The average Bonchev–Trinajstić information content (AvgIpc) is 3.89. The number of benzene rings is 5. The van der Waals surface area contributed by atoms with Gasteiger partial charge in [0, 0.05) is 18.5 Å². The number of hydrogen-bond donors (Lipinski definition) is 1. The smallest absolute Gasteiger partial charge is 0.359 e. The van der Waals surface area contributed by atoms with Gasteiger partial charge in [-0.2, -0.15) is 0 Å². The molecule has 11 heteroatoms. The number of aliphatic hydroxyl groups is 1. The molecule has 0 fully saturated rings. The Morgan fingerprint density at radius 2 is 1.19 bits per heavy atom. The third kappa shape index (κ3) is 7.61. The second-order valence-corrected chi connectivity index (χ2v) is 16.1. The lowest BCUT2D eigenvalue weighted by Gasteiger charge is -2.45. The number of esters is 2. The van der Waals surface area contributed by atoms with E-state index < -0.39 is 40.8 Å². The number of imidazole rings is 1. The van der Waals surface area contributed by atoms with Crippen LogP contribution in [0.1, 0.15) is 91.4 Å². The molecule has 11 nitrogen and oxygen atoms in total. The first-order chi connectivity index (χ1) is 28.3. The molecule has 0 spiro atoms. The van der Waals surface area contributed by atoms with E-state index in [9.17, 15) is 14.7 Å². The predicted molar refractivity (Wildman–Crippen MR) is 224 cm³/mol. The third-order valence-corrected chi connectivity index (χ3v) is 10.6. The maximum absolute atomic E-state index is 13.7. The molecule has 0 atom stereocenters. The lowest BCUT2D eigenvalue weighted by molar-refractivity contribution is -0.161. The van der Waals surface area contributed by atoms with E-state index in [4.69, 9.17) is 24.7 Å². The van der Waals surface area contributed by atoms with E-state index in [1.54, 1.807) is 39.2 Å². The molecule has 0 aliphatic carbocycles. The number of nitrogens with zero attached hydrogens (tertiary/aromatic N) is 6. The summed E-state index contributed by atoms with van der Waals surface area (Å²) < 4.78 is 12.4. The summed E-state index contributed by atoms with van der Waals surface area (Å²) >= 11 is 0. The van der Waals surface area contributed by atoms with Gasteiger partial charge in [0.05, 0.1) is 10.8 Å². The van der Waals surface area contributed by atoms with Crippen LogP contribution in [-0.4, -0.2) is 33.4 Å². The van der Waals surface area contributed by atoms with Crippen molar-refractivity contribution in [3.8, 4) is 11.1 Å². The standard InChI is InChI=1S/C48H48N6O5/c1-7-40-49-42(46(5,6)57)41(43(55)58-32-59-44(56)45(2,3)4)54(40)31-33-27-29-34(30-28-33)38-25-17-18-26-39(38)48(50-52-53-51-48)47(35-19-11-8-12-20-35,36-21-13-9-14-22-36)37-23-15-10-16-24-37/h8-30,57H,7,31-32H2,1-6H3. The van der Waals surface area contributed by atoms with E-state index in [-0.39, 0.29) is 17.9 Å². The lowest BCUT2D eigenvalue weighted by Crippen LogP contribution is -2.48. The van der Waals surface area contributed by atoms with Crippen LogP contribution in [0.3, 0.4) is 0 Å². The molecule has 0 amide bonds. The van der Waals surface area contributed by atoms with Crippen molar-refractivity contribution in [3.05, 3.63) is 185 Å². The number of ether oxygens (including phenoxy) is 2. The first-order valence-corrected chi connectivity index (χ1v) is 19.7. The summed E-state index contributed by atoms with van der Waals surface area (Å²) in [5, 5.41) is 29.6. The zero-order valence-electron chi connectivity index (χ0n) is 34.2. The van der Waals surface area contributed by atoms with Crippen LogP contribution in [-0.2, 0) is 43.9 Å². The Labute approximate surface area is 344 Å². The number of carbonyl (C=O) groups excluding carboxylic acids is 2. The minimum absolute atomic E-state index is 0.0913. The highest BCUT2D eigenvalue weighted by atomic mass is 16.7. The van der Waals surface area contributed by atoms with Gasteiger partial charge < -0.3 is 19.1 Å². The van der Waals surface area contributed by atoms with Crippen molar-refractivity contribution < 1.29 is 24.2 Å². The Hall–Kier alpha value is -6.59. The van der Waals surface area contributed by atoms with Crippen LogP contribution in [0.25, 0.3) is 11.1 Å². The van der Waals surface area contributed by atoms with Gasteiger partial charge in [0.1, 0.15) is 17.1 Å². The van der Waals surface area contributed by atoms with Crippen LogP contribution >= 0.6 is 0 Å². The van der Waals surface area contributed by atoms with Gasteiger partial charge in [0.15, 0.2) is 5.69 Å². The van der Waals surface area contributed by atoms with Crippen molar-refractivity contribution in [1.29, 1.82) is 0 Å². The highest BCUT2D eigenvalue weighted by molar-refractivity contribution is 5.89. The number of carbonyl (C=O) groups is 2. The Morgan fingerprint density at radius 1 is 0.678 bits per heavy atom. The molecule has 0 bridgehead atoms. The van der Waals surface area contributed by atoms with Gasteiger partial charge in [-0.1, -0.05) is 146 Å². The summed E-state index contributed by atoms with van der Waals surface area (Å²) in [5.74, 6) is -0.674. The molecular formula is C48H48N6O5.